The molecule has 0 aliphatic carbocycles. The van der Waals surface area contributed by atoms with Crippen LogP contribution in [0.4, 0.5) is 0 Å². The van der Waals surface area contributed by atoms with E-state index in [0.717, 1.165) is 0 Å². The van der Waals surface area contributed by atoms with Crippen LogP contribution in [0.2, 0.25) is 0 Å². The highest BCUT2D eigenvalue weighted by Crippen LogP contribution is 2.26. The van der Waals surface area contributed by atoms with Crippen molar-refractivity contribution in [1.29, 1.82) is 0 Å². The van der Waals surface area contributed by atoms with Crippen LogP contribution in [0, 0.1) is 0 Å². The van der Waals surface area contributed by atoms with Crippen molar-refractivity contribution in [3.63, 3.8) is 0 Å². The van der Waals surface area contributed by atoms with Gasteiger partial charge in [0.25, 0.3) is 0 Å². The summed E-state index contributed by atoms with van der Waals surface area (Å²) >= 11 is 0. The molecule has 2 nitrogen and oxygen atoms in total. The fourth-order valence-corrected chi connectivity index (χ4v) is 2.00. The second-order valence-corrected chi connectivity index (χ2v) is 3.47. The molecule has 2 heterocycles. The smallest absolute Gasteiger partial charge is 0.223 e. The molecule has 3 heteroatoms. The van der Waals surface area contributed by atoms with Gasteiger partial charge in [-0.15, -0.1) is 0 Å². The van der Waals surface area contributed by atoms with Gasteiger partial charge in [-0.3, -0.25) is 4.98 Å². The molecule has 0 fully saturated rings. The monoisotopic (exact) mass is 180 g/mol. The summed E-state index contributed by atoms with van der Waals surface area (Å²) in [6, 6.07) is 10.5. The van der Waals surface area contributed by atoms with Gasteiger partial charge in [0.2, 0.25) is 7.98 Å². The van der Waals surface area contributed by atoms with Crippen LogP contribution in [-0.4, -0.2) is 17.4 Å². The quantitative estimate of drug-likeness (QED) is 0.480. The number of hydrogen-bond donors (Lipinski definition) is 0. The topological polar surface area (TPSA) is 17.8 Å². The Bertz CT molecular complexity index is 560. The van der Waals surface area contributed by atoms with E-state index >= 15 is 0 Å². The van der Waals surface area contributed by atoms with E-state index in [1.807, 2.05) is 12.4 Å². The average molecular weight is 180 g/mol. The Morgan fingerprint density at radius 3 is 2.71 bits per heavy atom. The van der Waals surface area contributed by atoms with Crippen molar-refractivity contribution in [2.45, 2.75) is 0 Å². The molecule has 1 aromatic carbocycles. The zero-order valence-corrected chi connectivity index (χ0v) is 7.94. The van der Waals surface area contributed by atoms with Crippen molar-refractivity contribution in [3.8, 4) is 0 Å². The Morgan fingerprint density at radius 1 is 1.00 bits per heavy atom. The van der Waals surface area contributed by atoms with Gasteiger partial charge < -0.3 is 4.48 Å². The lowest BCUT2D eigenvalue weighted by Gasteiger charge is -1.95. The highest BCUT2D eigenvalue weighted by Gasteiger charge is 2.05. The van der Waals surface area contributed by atoms with Crippen molar-refractivity contribution in [2.24, 2.45) is 0 Å². The molecule has 0 N–H and O–H groups in total. The first-order valence-corrected chi connectivity index (χ1v) is 4.65. The van der Waals surface area contributed by atoms with E-state index in [1.165, 1.54) is 21.8 Å². The van der Waals surface area contributed by atoms with Gasteiger partial charge in [0.05, 0.1) is 5.52 Å². The highest BCUT2D eigenvalue weighted by molar-refractivity contribution is 6.21. The van der Waals surface area contributed by atoms with E-state index in [0.29, 0.717) is 0 Å². The molecule has 3 aromatic rings. The minimum atomic E-state index is 1.19. The molecule has 2 aromatic heterocycles. The number of para-hydroxylation sites is 1. The zero-order valence-electron chi connectivity index (χ0n) is 7.94. The number of aromatic nitrogens is 2. The molecule has 66 valence electrons. The summed E-state index contributed by atoms with van der Waals surface area (Å²) in [6.07, 6.45) is 3.75. The van der Waals surface area contributed by atoms with Crippen molar-refractivity contribution >= 4 is 29.8 Å². The molecule has 14 heavy (non-hydrogen) atoms. The third-order valence-electron chi connectivity index (χ3n) is 2.72. The Labute approximate surface area is 82.6 Å². The van der Waals surface area contributed by atoms with Gasteiger partial charge in [-0.25, -0.2) is 0 Å². The van der Waals surface area contributed by atoms with Crippen molar-refractivity contribution in [2.75, 3.05) is 0 Å². The van der Waals surface area contributed by atoms with Crippen molar-refractivity contribution < 1.29 is 0 Å². The molecular weight excluding hydrogens is 171 g/mol. The van der Waals surface area contributed by atoms with E-state index in [2.05, 4.69) is 47.8 Å². The lowest BCUT2D eigenvalue weighted by atomic mass is 10.2. The predicted molar refractivity (Wildman–Crippen MR) is 61.2 cm³/mol. The molecule has 0 unspecified atom stereocenters. The first kappa shape index (κ1) is 7.62. The van der Waals surface area contributed by atoms with Gasteiger partial charge in [0, 0.05) is 28.7 Å². The standard InChI is InChI=1S/C11H9BN2/c12-14-10-4-2-1-3-8(10)9-5-6-13-7-11(9)14/h1-7H,12H2. The normalized spacial score (nSPS) is 11.1. The number of rotatable bonds is 0. The first-order valence-electron chi connectivity index (χ1n) is 4.65. The SMILES string of the molecule is Bn1c2ccccc2c2ccncc21. The van der Waals surface area contributed by atoms with E-state index in [4.69, 9.17) is 0 Å². The Kier molecular flexibility index (Phi) is 1.42. The van der Waals surface area contributed by atoms with Gasteiger partial charge in [0.1, 0.15) is 0 Å². The molecule has 0 radical (unpaired) electrons. The fraction of sp³-hybridized carbons (Fsp3) is 0. The second-order valence-electron chi connectivity index (χ2n) is 3.47. The number of hydrogen-bond acceptors (Lipinski definition) is 1. The zero-order chi connectivity index (χ0) is 9.54. The lowest BCUT2D eigenvalue weighted by Crippen LogP contribution is -1.89. The predicted octanol–water partition coefficient (Wildman–Crippen LogP) is 1.59. The number of nitrogens with zero attached hydrogens (tertiary/aromatic N) is 2. The minimum absolute atomic E-state index is 1.19. The maximum absolute atomic E-state index is 4.15. The summed E-state index contributed by atoms with van der Waals surface area (Å²) in [5.74, 6) is 0. The van der Waals surface area contributed by atoms with Crippen LogP contribution in [0.15, 0.2) is 42.7 Å². The summed E-state index contributed by atoms with van der Waals surface area (Å²) in [5, 5.41) is 2.57. The van der Waals surface area contributed by atoms with Crippen LogP contribution >= 0.6 is 0 Å². The number of benzene rings is 1. The van der Waals surface area contributed by atoms with E-state index < -0.39 is 0 Å². The number of pyridine rings is 1. The van der Waals surface area contributed by atoms with Crippen molar-refractivity contribution in [1.82, 2.24) is 9.46 Å². The molecule has 0 saturated heterocycles. The molecule has 0 spiro atoms. The minimum Gasteiger partial charge on any atom is -0.392 e. The van der Waals surface area contributed by atoms with Crippen LogP contribution in [0.3, 0.4) is 0 Å². The van der Waals surface area contributed by atoms with Crippen LogP contribution in [-0.2, 0) is 0 Å². The first-order chi connectivity index (χ1) is 6.88. The summed E-state index contributed by atoms with van der Waals surface area (Å²) in [6.45, 7) is 0. The molecule has 3 rings (SSSR count). The third-order valence-corrected chi connectivity index (χ3v) is 2.72. The highest BCUT2D eigenvalue weighted by atomic mass is 14.9. The Hall–Kier alpha value is -1.77. The van der Waals surface area contributed by atoms with Crippen LogP contribution in [0.1, 0.15) is 0 Å². The summed E-state index contributed by atoms with van der Waals surface area (Å²) in [7, 11) is 2.08. The number of fused-ring (bicyclic) bond motifs is 3. The summed E-state index contributed by atoms with van der Waals surface area (Å²) < 4.78 is 2.18. The lowest BCUT2D eigenvalue weighted by molar-refractivity contribution is 1.31. The Morgan fingerprint density at radius 2 is 1.79 bits per heavy atom. The molecule has 0 aliphatic rings. The van der Waals surface area contributed by atoms with Gasteiger partial charge in [-0.05, 0) is 12.1 Å². The average Bonchev–Trinajstić information content (AvgIpc) is 2.55. The van der Waals surface area contributed by atoms with Gasteiger partial charge in [0.15, 0.2) is 0 Å². The van der Waals surface area contributed by atoms with E-state index in [9.17, 15) is 0 Å². The summed E-state index contributed by atoms with van der Waals surface area (Å²) in [5.41, 5.74) is 2.45. The van der Waals surface area contributed by atoms with E-state index in [-0.39, 0.29) is 0 Å². The van der Waals surface area contributed by atoms with Crippen LogP contribution in [0.5, 0.6) is 0 Å². The Balaban J connectivity index is 2.69. The molecular formula is C11H9BN2. The summed E-state index contributed by atoms with van der Waals surface area (Å²) in [4.78, 5) is 4.15. The van der Waals surface area contributed by atoms with Crippen LogP contribution < -0.4 is 0 Å². The van der Waals surface area contributed by atoms with Gasteiger partial charge in [-0.1, -0.05) is 18.2 Å². The molecule has 0 amide bonds. The maximum atomic E-state index is 4.15. The second kappa shape index (κ2) is 2.61. The maximum Gasteiger partial charge on any atom is 0.223 e. The van der Waals surface area contributed by atoms with Crippen molar-refractivity contribution in [3.05, 3.63) is 42.7 Å². The van der Waals surface area contributed by atoms with Gasteiger partial charge in [-0.2, -0.15) is 0 Å². The fourth-order valence-electron chi connectivity index (χ4n) is 2.00. The molecule has 0 atom stereocenters. The third kappa shape index (κ3) is 0.840. The van der Waals surface area contributed by atoms with Gasteiger partial charge >= 0.3 is 0 Å². The molecule has 0 aliphatic heterocycles. The molecule has 0 bridgehead atoms. The van der Waals surface area contributed by atoms with Crippen LogP contribution in [0.25, 0.3) is 21.8 Å². The largest absolute Gasteiger partial charge is 0.392 e. The molecule has 0 saturated carbocycles. The van der Waals surface area contributed by atoms with E-state index in [1.54, 1.807) is 0 Å².